The predicted molar refractivity (Wildman–Crippen MR) is 84.0 cm³/mol. The zero-order chi connectivity index (χ0) is 14.8. The average molecular weight is 351 g/mol. The van der Waals surface area contributed by atoms with E-state index >= 15 is 0 Å². The Morgan fingerprint density at radius 3 is 2.67 bits per heavy atom. The van der Waals surface area contributed by atoms with Gasteiger partial charge in [-0.1, -0.05) is 40.2 Å². The molecule has 1 atom stereocenters. The highest BCUT2D eigenvalue weighted by Gasteiger charge is 2.19. The smallest absolute Gasteiger partial charge is 0.161 e. The van der Waals surface area contributed by atoms with Crippen molar-refractivity contribution in [1.82, 2.24) is 0 Å². The Bertz CT molecular complexity index is 657. The van der Waals surface area contributed by atoms with Crippen LogP contribution >= 0.6 is 15.9 Å². The molecule has 21 heavy (non-hydrogen) atoms. The van der Waals surface area contributed by atoms with Crippen LogP contribution < -0.4 is 9.47 Å². The van der Waals surface area contributed by atoms with Crippen LogP contribution in [0.1, 0.15) is 27.9 Å². The highest BCUT2D eigenvalue weighted by molar-refractivity contribution is 9.09. The number of hydrogen-bond donors (Lipinski definition) is 0. The summed E-state index contributed by atoms with van der Waals surface area (Å²) in [5.41, 5.74) is 2.22. The van der Waals surface area contributed by atoms with E-state index in [-0.39, 0.29) is 10.6 Å². The van der Waals surface area contributed by atoms with Gasteiger partial charge in [-0.25, -0.2) is 4.39 Å². The van der Waals surface area contributed by atoms with Gasteiger partial charge in [-0.3, -0.25) is 0 Å². The first-order chi connectivity index (χ1) is 10.2. The summed E-state index contributed by atoms with van der Waals surface area (Å²) >= 11 is 3.59. The Morgan fingerprint density at radius 2 is 1.86 bits per heavy atom. The highest BCUT2D eigenvalue weighted by Crippen LogP contribution is 2.38. The van der Waals surface area contributed by atoms with Crippen LogP contribution in [0.25, 0.3) is 0 Å². The normalized spacial score (nSPS) is 15.4. The van der Waals surface area contributed by atoms with Crippen molar-refractivity contribution in [1.29, 1.82) is 0 Å². The van der Waals surface area contributed by atoms with Crippen LogP contribution in [-0.4, -0.2) is 13.2 Å². The molecule has 2 aromatic carbocycles. The fourth-order valence-corrected chi connectivity index (χ4v) is 3.02. The van der Waals surface area contributed by atoms with Gasteiger partial charge >= 0.3 is 0 Å². The molecule has 2 nitrogen and oxygen atoms in total. The lowest BCUT2D eigenvalue weighted by molar-refractivity contribution is 0.297. The van der Waals surface area contributed by atoms with Gasteiger partial charge in [-0.05, 0) is 30.2 Å². The molecule has 0 saturated heterocycles. The van der Waals surface area contributed by atoms with Crippen molar-refractivity contribution in [3.05, 3.63) is 58.9 Å². The number of ether oxygens (including phenoxy) is 2. The first kappa shape index (κ1) is 14.4. The van der Waals surface area contributed by atoms with E-state index in [4.69, 9.17) is 9.47 Å². The molecule has 1 unspecified atom stereocenters. The molecular weight excluding hydrogens is 335 g/mol. The van der Waals surface area contributed by atoms with Crippen molar-refractivity contribution in [2.24, 2.45) is 0 Å². The summed E-state index contributed by atoms with van der Waals surface area (Å²) < 4.78 is 25.6. The van der Waals surface area contributed by atoms with Crippen LogP contribution in [-0.2, 0) is 0 Å². The van der Waals surface area contributed by atoms with Crippen LogP contribution in [0.15, 0.2) is 36.4 Å². The zero-order valence-corrected chi connectivity index (χ0v) is 13.3. The molecule has 2 aromatic rings. The highest BCUT2D eigenvalue weighted by atomic mass is 79.9. The molecule has 1 aliphatic heterocycles. The first-order valence-electron chi connectivity index (χ1n) is 6.95. The van der Waals surface area contributed by atoms with E-state index < -0.39 is 0 Å². The van der Waals surface area contributed by atoms with E-state index in [1.165, 1.54) is 0 Å². The molecule has 0 spiro atoms. The van der Waals surface area contributed by atoms with Crippen molar-refractivity contribution < 1.29 is 13.9 Å². The van der Waals surface area contributed by atoms with Gasteiger partial charge in [0.25, 0.3) is 0 Å². The Morgan fingerprint density at radius 1 is 1.10 bits per heavy atom. The third kappa shape index (κ3) is 2.91. The second-order valence-electron chi connectivity index (χ2n) is 5.10. The number of hydrogen-bond acceptors (Lipinski definition) is 2. The summed E-state index contributed by atoms with van der Waals surface area (Å²) in [5.74, 6) is 1.30. The van der Waals surface area contributed by atoms with Crippen molar-refractivity contribution in [2.45, 2.75) is 18.2 Å². The summed E-state index contributed by atoms with van der Waals surface area (Å²) in [4.78, 5) is -0.213. The molecule has 110 valence electrons. The van der Waals surface area contributed by atoms with Crippen molar-refractivity contribution in [3.8, 4) is 11.5 Å². The van der Waals surface area contributed by atoms with Crippen LogP contribution in [0, 0.1) is 12.7 Å². The van der Waals surface area contributed by atoms with E-state index in [1.54, 1.807) is 19.1 Å². The van der Waals surface area contributed by atoms with Crippen molar-refractivity contribution >= 4 is 15.9 Å². The first-order valence-corrected chi connectivity index (χ1v) is 7.87. The number of alkyl halides is 1. The van der Waals surface area contributed by atoms with Crippen LogP contribution in [0.2, 0.25) is 0 Å². The van der Waals surface area contributed by atoms with Crippen LogP contribution in [0.3, 0.4) is 0 Å². The third-order valence-electron chi connectivity index (χ3n) is 3.56. The number of benzene rings is 2. The van der Waals surface area contributed by atoms with E-state index in [0.29, 0.717) is 24.3 Å². The minimum Gasteiger partial charge on any atom is -0.490 e. The minimum atomic E-state index is -0.213. The molecule has 0 aromatic heterocycles. The summed E-state index contributed by atoms with van der Waals surface area (Å²) in [6.07, 6.45) is 0.869. The maximum absolute atomic E-state index is 14.3. The Kier molecular flexibility index (Phi) is 4.15. The van der Waals surface area contributed by atoms with Crippen LogP contribution in [0.5, 0.6) is 11.5 Å². The van der Waals surface area contributed by atoms with Gasteiger partial charge in [-0.2, -0.15) is 0 Å². The lowest BCUT2D eigenvalue weighted by Gasteiger charge is -2.15. The fraction of sp³-hybridized carbons (Fsp3) is 0.294. The Labute approximate surface area is 132 Å². The number of halogens is 2. The van der Waals surface area contributed by atoms with Crippen LogP contribution in [0.4, 0.5) is 4.39 Å². The Hall–Kier alpha value is -1.55. The van der Waals surface area contributed by atoms with Gasteiger partial charge in [-0.15, -0.1) is 0 Å². The molecule has 0 radical (unpaired) electrons. The molecule has 0 N–H and O–H groups in total. The molecule has 3 rings (SSSR count). The van der Waals surface area contributed by atoms with E-state index in [0.717, 1.165) is 23.5 Å². The van der Waals surface area contributed by atoms with Gasteiger partial charge < -0.3 is 9.47 Å². The van der Waals surface area contributed by atoms with E-state index in [2.05, 4.69) is 15.9 Å². The Balaban J connectivity index is 1.96. The predicted octanol–water partition coefficient (Wildman–Crippen LogP) is 4.78. The van der Waals surface area contributed by atoms with Gasteiger partial charge in [0.05, 0.1) is 18.0 Å². The number of fused-ring (bicyclic) bond motifs is 1. The average Bonchev–Trinajstić information content (AvgIpc) is 2.74. The van der Waals surface area contributed by atoms with Gasteiger partial charge in [0.2, 0.25) is 0 Å². The molecule has 0 amide bonds. The summed E-state index contributed by atoms with van der Waals surface area (Å²) in [6, 6.07) is 11.2. The van der Waals surface area contributed by atoms with Crippen molar-refractivity contribution in [2.75, 3.05) is 13.2 Å². The maximum Gasteiger partial charge on any atom is 0.161 e. The monoisotopic (exact) mass is 350 g/mol. The lowest BCUT2D eigenvalue weighted by atomic mass is 10.0. The third-order valence-corrected chi connectivity index (χ3v) is 4.58. The summed E-state index contributed by atoms with van der Waals surface area (Å²) in [6.45, 7) is 3.07. The second kappa shape index (κ2) is 6.06. The number of rotatable bonds is 2. The minimum absolute atomic E-state index is 0.175. The number of aryl methyl sites for hydroxylation is 1. The lowest BCUT2D eigenvalue weighted by Crippen LogP contribution is -2.00. The van der Waals surface area contributed by atoms with Gasteiger partial charge in [0, 0.05) is 12.0 Å². The molecule has 0 fully saturated rings. The van der Waals surface area contributed by atoms with E-state index in [1.807, 2.05) is 24.3 Å². The van der Waals surface area contributed by atoms with E-state index in [9.17, 15) is 4.39 Å². The van der Waals surface area contributed by atoms with Gasteiger partial charge in [0.1, 0.15) is 5.82 Å². The van der Waals surface area contributed by atoms with Gasteiger partial charge in [0.15, 0.2) is 11.5 Å². The largest absolute Gasteiger partial charge is 0.490 e. The molecule has 0 aliphatic carbocycles. The SMILES string of the molecule is Cc1cccc(C(Br)c2ccc3c(c2)OCCCO3)c1F. The molecule has 0 bridgehead atoms. The molecule has 0 saturated carbocycles. The molecule has 1 aliphatic rings. The summed E-state index contributed by atoms with van der Waals surface area (Å²) in [5, 5.41) is 0. The standard InChI is InChI=1S/C17H16BrFO2/c1-11-4-2-5-13(17(11)19)16(18)12-6-7-14-15(10-12)21-9-3-8-20-14/h2,4-7,10,16H,3,8-9H2,1H3. The van der Waals surface area contributed by atoms with Crippen molar-refractivity contribution in [3.63, 3.8) is 0 Å². The topological polar surface area (TPSA) is 18.5 Å². The second-order valence-corrected chi connectivity index (χ2v) is 6.01. The quantitative estimate of drug-likeness (QED) is 0.725. The fourth-order valence-electron chi connectivity index (χ4n) is 2.38. The molecule has 4 heteroatoms. The zero-order valence-electron chi connectivity index (χ0n) is 11.7. The molecular formula is C17H16BrFO2. The maximum atomic E-state index is 14.3. The molecule has 1 heterocycles. The summed E-state index contributed by atoms with van der Waals surface area (Å²) in [7, 11) is 0.